The zero-order valence-electron chi connectivity index (χ0n) is 6.97. The third-order valence-electron chi connectivity index (χ3n) is 1.52. The first-order valence-corrected chi connectivity index (χ1v) is 5.71. The van der Waals surface area contributed by atoms with Gasteiger partial charge in [-0.1, -0.05) is 27.6 Å². The lowest BCUT2D eigenvalue weighted by atomic mass is 10.3. The smallest absolute Gasteiger partial charge is 0.126 e. The lowest BCUT2D eigenvalue weighted by Crippen LogP contribution is -2.02. The first kappa shape index (κ1) is 8.74. The molecule has 0 aliphatic heterocycles. The van der Waals surface area contributed by atoms with Gasteiger partial charge in [-0.05, 0) is 6.42 Å². The summed E-state index contributed by atoms with van der Waals surface area (Å²) in [7, 11) is 7.30. The van der Waals surface area contributed by atoms with Crippen LogP contribution in [-0.2, 0) is 6.42 Å². The third kappa shape index (κ3) is 1.62. The summed E-state index contributed by atoms with van der Waals surface area (Å²) in [6, 6.07) is 0. The van der Waals surface area contributed by atoms with Crippen LogP contribution in [0.2, 0.25) is 0 Å². The van der Waals surface area contributed by atoms with Crippen LogP contribution in [0.15, 0.2) is 4.99 Å². The predicted octanol–water partition coefficient (Wildman–Crippen LogP) is 1.94. The van der Waals surface area contributed by atoms with Gasteiger partial charge >= 0.3 is 0 Å². The van der Waals surface area contributed by atoms with E-state index in [1.54, 1.807) is 20.7 Å². The Morgan fingerprint density at radius 2 is 2.18 bits per heavy atom. The second kappa shape index (κ2) is 3.88. The fourth-order valence-corrected chi connectivity index (χ4v) is 3.59. The number of hydrogen-bond donors (Lipinski definition) is 1. The van der Waals surface area contributed by atoms with Crippen molar-refractivity contribution in [3.8, 4) is 0 Å². The lowest BCUT2D eigenvalue weighted by Gasteiger charge is -1.96. The van der Waals surface area contributed by atoms with Crippen LogP contribution in [0.1, 0.15) is 12.5 Å². The van der Waals surface area contributed by atoms with Crippen LogP contribution in [0.25, 0.3) is 0 Å². The molecule has 1 rings (SSSR count). The van der Waals surface area contributed by atoms with Crippen LogP contribution in [0, 0.1) is 0 Å². The van der Waals surface area contributed by atoms with E-state index in [1.165, 1.54) is 15.2 Å². The van der Waals surface area contributed by atoms with Crippen molar-refractivity contribution in [3.05, 3.63) is 10.2 Å². The minimum atomic E-state index is 1.06. The summed E-state index contributed by atoms with van der Waals surface area (Å²) in [5.41, 5.74) is 1.35. The minimum absolute atomic E-state index is 1.06. The molecule has 1 N–H and O–H groups in total. The maximum atomic E-state index is 4.20. The Morgan fingerprint density at radius 1 is 1.45 bits per heavy atom. The van der Waals surface area contributed by atoms with Crippen LogP contribution in [0.5, 0.6) is 0 Å². The number of nitrogens with one attached hydrogen (secondary N) is 1. The highest BCUT2D eigenvalue weighted by Gasteiger charge is 2.03. The van der Waals surface area contributed by atoms with Gasteiger partial charge in [-0.2, -0.15) is 0 Å². The molecule has 4 heteroatoms. The van der Waals surface area contributed by atoms with Crippen LogP contribution in [-0.4, -0.2) is 14.1 Å². The summed E-state index contributed by atoms with van der Waals surface area (Å²) in [5, 5.41) is 4.43. The highest BCUT2D eigenvalue weighted by Crippen LogP contribution is 2.22. The van der Waals surface area contributed by atoms with Gasteiger partial charge in [0.25, 0.3) is 0 Å². The number of hydrogen-bond acceptors (Lipinski definition) is 4. The molecule has 1 aromatic rings. The fourth-order valence-electron chi connectivity index (χ4n) is 0.955. The topological polar surface area (TPSA) is 24.4 Å². The van der Waals surface area contributed by atoms with Crippen molar-refractivity contribution in [3.63, 3.8) is 0 Å². The molecule has 0 bridgehead atoms. The van der Waals surface area contributed by atoms with Crippen LogP contribution in [0.3, 0.4) is 0 Å². The summed E-state index contributed by atoms with van der Waals surface area (Å²) < 4.78 is 1.17. The summed E-state index contributed by atoms with van der Waals surface area (Å²) in [4.78, 5) is 4.20. The normalized spacial score (nSPS) is 12.1. The largest absolute Gasteiger partial charge is 0.379 e. The average molecular weight is 188 g/mol. The Bertz CT molecular complexity index is 285. The summed E-state index contributed by atoms with van der Waals surface area (Å²) >= 11 is 0. The van der Waals surface area contributed by atoms with Gasteiger partial charge in [-0.3, -0.25) is 4.99 Å². The van der Waals surface area contributed by atoms with Crippen LogP contribution in [0.4, 0.5) is 5.00 Å². The van der Waals surface area contributed by atoms with E-state index in [2.05, 4.69) is 17.2 Å². The second-order valence-electron chi connectivity index (χ2n) is 2.11. The van der Waals surface area contributed by atoms with Crippen molar-refractivity contribution < 1.29 is 0 Å². The molecular weight excluding hydrogens is 176 g/mol. The molecule has 0 saturated carbocycles. The molecule has 1 heterocycles. The Morgan fingerprint density at radius 3 is 2.64 bits per heavy atom. The maximum Gasteiger partial charge on any atom is 0.126 e. The molecule has 0 fully saturated rings. The highest BCUT2D eigenvalue weighted by molar-refractivity contribution is 7.70. The van der Waals surface area contributed by atoms with Gasteiger partial charge in [-0.15, -0.1) is 0 Å². The van der Waals surface area contributed by atoms with Crippen molar-refractivity contribution in [1.29, 1.82) is 0 Å². The average Bonchev–Trinajstić information content (AvgIpc) is 2.45. The maximum absolute atomic E-state index is 4.20. The van der Waals surface area contributed by atoms with E-state index in [4.69, 9.17) is 0 Å². The number of anilines is 1. The molecule has 0 atom stereocenters. The molecule has 0 aliphatic rings. The molecule has 0 unspecified atom stereocenters. The van der Waals surface area contributed by atoms with Gasteiger partial charge in [0.15, 0.2) is 0 Å². The van der Waals surface area contributed by atoms with E-state index in [0.29, 0.717) is 0 Å². The van der Waals surface area contributed by atoms with Gasteiger partial charge in [0.05, 0.1) is 0 Å². The molecule has 0 amide bonds. The van der Waals surface area contributed by atoms with E-state index < -0.39 is 0 Å². The molecule has 2 nitrogen and oxygen atoms in total. The fraction of sp³-hybridized carbons (Fsp3) is 0.571. The summed E-state index contributed by atoms with van der Waals surface area (Å²) in [6.07, 6.45) is 1.06. The molecule has 11 heavy (non-hydrogen) atoms. The zero-order chi connectivity index (χ0) is 8.27. The zero-order valence-corrected chi connectivity index (χ0v) is 8.60. The monoisotopic (exact) mass is 188 g/mol. The molecule has 0 saturated heterocycles. The van der Waals surface area contributed by atoms with Gasteiger partial charge in [0.1, 0.15) is 9.67 Å². The van der Waals surface area contributed by atoms with Crippen molar-refractivity contribution in [2.75, 3.05) is 19.4 Å². The SMILES string of the molecule is CCc1c(NC)ssc1=NC. The molecule has 0 aromatic carbocycles. The summed E-state index contributed by atoms with van der Waals surface area (Å²) in [5.74, 6) is 0. The van der Waals surface area contributed by atoms with E-state index in [0.717, 1.165) is 6.42 Å². The molecule has 0 aliphatic carbocycles. The van der Waals surface area contributed by atoms with E-state index in [9.17, 15) is 0 Å². The van der Waals surface area contributed by atoms with Crippen molar-refractivity contribution >= 4 is 25.7 Å². The van der Waals surface area contributed by atoms with E-state index >= 15 is 0 Å². The molecule has 0 spiro atoms. The standard InChI is InChI=1S/C7H12N2S2/c1-4-5-6(8-2)10-11-7(5)9-3/h8H,4H2,1-3H3. The Balaban J connectivity index is 3.21. The first-order chi connectivity index (χ1) is 5.33. The first-order valence-electron chi connectivity index (χ1n) is 3.56. The Hall–Kier alpha value is -0.350. The number of nitrogens with zero attached hydrogens (tertiary/aromatic N) is 1. The molecule has 0 radical (unpaired) electrons. The van der Waals surface area contributed by atoms with Gasteiger partial charge in [0.2, 0.25) is 0 Å². The quantitative estimate of drug-likeness (QED) is 0.705. The van der Waals surface area contributed by atoms with Gasteiger partial charge in [-0.25, -0.2) is 0 Å². The van der Waals surface area contributed by atoms with Crippen molar-refractivity contribution in [2.45, 2.75) is 13.3 Å². The Labute approximate surface area is 74.0 Å². The number of rotatable bonds is 2. The van der Waals surface area contributed by atoms with Crippen LogP contribution < -0.4 is 9.99 Å². The van der Waals surface area contributed by atoms with Crippen LogP contribution >= 0.6 is 20.7 Å². The molecule has 62 valence electrons. The minimum Gasteiger partial charge on any atom is -0.379 e. The van der Waals surface area contributed by atoms with Crippen molar-refractivity contribution in [2.24, 2.45) is 4.99 Å². The lowest BCUT2D eigenvalue weighted by molar-refractivity contribution is 1.11. The van der Waals surface area contributed by atoms with Gasteiger partial charge in [0, 0.05) is 19.7 Å². The Kier molecular flexibility index (Phi) is 3.08. The van der Waals surface area contributed by atoms with Crippen molar-refractivity contribution in [1.82, 2.24) is 0 Å². The third-order valence-corrected chi connectivity index (χ3v) is 4.03. The molecule has 1 aromatic heterocycles. The summed E-state index contributed by atoms with van der Waals surface area (Å²) in [6.45, 7) is 2.16. The van der Waals surface area contributed by atoms with E-state index in [1.807, 2.05) is 14.1 Å². The van der Waals surface area contributed by atoms with E-state index in [-0.39, 0.29) is 0 Å². The second-order valence-corrected chi connectivity index (χ2v) is 4.23. The van der Waals surface area contributed by atoms with Gasteiger partial charge < -0.3 is 5.32 Å². The molecular formula is C7H12N2S2. The highest BCUT2D eigenvalue weighted by atomic mass is 32.9. The predicted molar refractivity (Wildman–Crippen MR) is 52.6 cm³/mol.